The number of nitrogens with zero attached hydrogens (tertiary/aromatic N) is 1. The number of hydrogen-bond donors (Lipinski definition) is 1. The molecule has 0 saturated carbocycles. The minimum absolute atomic E-state index is 0.111. The predicted octanol–water partition coefficient (Wildman–Crippen LogP) is 2.59. The van der Waals surface area contributed by atoms with Gasteiger partial charge in [-0.05, 0) is 32.4 Å². The molecule has 1 aromatic rings. The van der Waals surface area contributed by atoms with Crippen molar-refractivity contribution in [3.8, 4) is 0 Å². The molecule has 0 amide bonds. The van der Waals surface area contributed by atoms with Gasteiger partial charge < -0.3 is 5.32 Å². The lowest BCUT2D eigenvalue weighted by atomic mass is 9.88. The fraction of sp³-hybridized carbons (Fsp3) is 0.533. The molecule has 0 radical (unpaired) electrons. The molecule has 2 rings (SSSR count). The topological polar surface area (TPSA) is 58.5 Å². The maximum atomic E-state index is 12.1. The van der Waals surface area contributed by atoms with Gasteiger partial charge in [-0.2, -0.15) is 12.8 Å². The molecule has 110 valence electrons. The van der Waals surface area contributed by atoms with Gasteiger partial charge in [0.05, 0.1) is 10.6 Å². The summed E-state index contributed by atoms with van der Waals surface area (Å²) in [6.07, 6.45) is 1.92. The van der Waals surface area contributed by atoms with Crippen LogP contribution in [0.25, 0.3) is 0 Å². The normalized spacial score (nSPS) is 19.2. The van der Waals surface area contributed by atoms with Crippen molar-refractivity contribution in [2.24, 2.45) is 10.3 Å². The Morgan fingerprint density at radius 1 is 1.25 bits per heavy atom. The van der Waals surface area contributed by atoms with Crippen molar-refractivity contribution in [2.75, 3.05) is 6.54 Å². The van der Waals surface area contributed by atoms with Crippen LogP contribution in [-0.4, -0.2) is 26.7 Å². The van der Waals surface area contributed by atoms with Gasteiger partial charge in [-0.25, -0.2) is 0 Å². The van der Waals surface area contributed by atoms with E-state index >= 15 is 0 Å². The van der Waals surface area contributed by atoms with Crippen LogP contribution in [0.15, 0.2) is 33.6 Å². The lowest BCUT2D eigenvalue weighted by molar-refractivity contribution is 0.447. The summed E-state index contributed by atoms with van der Waals surface area (Å²) in [6, 6.07) is 7.31. The summed E-state index contributed by atoms with van der Waals surface area (Å²) in [7, 11) is -3.50. The molecule has 0 aromatic heterocycles. The molecule has 0 fully saturated rings. The molecule has 1 N–H and O–H groups in total. The Labute approximate surface area is 121 Å². The first-order valence-corrected chi connectivity index (χ1v) is 8.63. The first kappa shape index (κ1) is 15.2. The molecule has 1 aliphatic heterocycles. The molecule has 0 spiro atoms. The van der Waals surface area contributed by atoms with Crippen molar-refractivity contribution in [2.45, 2.75) is 44.6 Å². The molecule has 5 heteroatoms. The van der Waals surface area contributed by atoms with Gasteiger partial charge in [-0.15, -0.1) is 0 Å². The minimum Gasteiger partial charge on any atom is -0.314 e. The molecule has 1 aromatic carbocycles. The summed E-state index contributed by atoms with van der Waals surface area (Å²) in [5.41, 5.74) is 1.48. The first-order chi connectivity index (χ1) is 9.51. The van der Waals surface area contributed by atoms with Gasteiger partial charge in [0.1, 0.15) is 0 Å². The van der Waals surface area contributed by atoms with Gasteiger partial charge in [0.25, 0.3) is 10.0 Å². The number of nitrogens with one attached hydrogen (secondary N) is 1. The van der Waals surface area contributed by atoms with E-state index < -0.39 is 10.0 Å². The maximum absolute atomic E-state index is 12.1. The average molecular weight is 294 g/mol. The molecular weight excluding hydrogens is 272 g/mol. The third-order valence-electron chi connectivity index (χ3n) is 3.77. The average Bonchev–Trinajstić information content (AvgIpc) is 2.70. The number of hydrogen-bond acceptors (Lipinski definition) is 3. The smallest absolute Gasteiger partial charge is 0.283 e. The lowest BCUT2D eigenvalue weighted by Gasteiger charge is -2.24. The van der Waals surface area contributed by atoms with Crippen LogP contribution in [0, 0.1) is 5.92 Å². The monoisotopic (exact) mass is 294 g/mol. The van der Waals surface area contributed by atoms with Gasteiger partial charge in [-0.3, -0.25) is 0 Å². The Morgan fingerprint density at radius 2 is 1.95 bits per heavy atom. The number of fused-ring (bicyclic) bond motifs is 1. The SMILES string of the molecule is CCCNC(C)C(CC)C1=NS(=O)(=O)c2ccccc21. The molecule has 0 aliphatic carbocycles. The Morgan fingerprint density at radius 3 is 2.60 bits per heavy atom. The van der Waals surface area contributed by atoms with Gasteiger partial charge >= 0.3 is 0 Å². The van der Waals surface area contributed by atoms with E-state index in [0.717, 1.165) is 24.9 Å². The second kappa shape index (κ2) is 6.06. The highest BCUT2D eigenvalue weighted by molar-refractivity contribution is 7.90. The van der Waals surface area contributed by atoms with Crippen LogP contribution in [0.5, 0.6) is 0 Å². The van der Waals surface area contributed by atoms with Crippen molar-refractivity contribution in [3.05, 3.63) is 29.8 Å². The van der Waals surface area contributed by atoms with Gasteiger partial charge in [0, 0.05) is 17.5 Å². The summed E-state index contributed by atoms with van der Waals surface area (Å²) in [6.45, 7) is 7.22. The Balaban J connectivity index is 2.37. The molecule has 0 saturated heterocycles. The largest absolute Gasteiger partial charge is 0.314 e. The minimum atomic E-state index is -3.50. The summed E-state index contributed by atoms with van der Waals surface area (Å²) < 4.78 is 28.3. The van der Waals surface area contributed by atoms with Crippen LogP contribution in [-0.2, 0) is 10.0 Å². The quantitative estimate of drug-likeness (QED) is 0.877. The van der Waals surface area contributed by atoms with E-state index in [2.05, 4.69) is 30.5 Å². The summed E-state index contributed by atoms with van der Waals surface area (Å²) >= 11 is 0. The van der Waals surface area contributed by atoms with E-state index in [1.165, 1.54) is 0 Å². The molecule has 2 unspecified atom stereocenters. The highest BCUT2D eigenvalue weighted by Crippen LogP contribution is 2.31. The maximum Gasteiger partial charge on any atom is 0.283 e. The van der Waals surface area contributed by atoms with Crippen molar-refractivity contribution in [1.82, 2.24) is 5.32 Å². The summed E-state index contributed by atoms with van der Waals surface area (Å²) in [5.74, 6) is 0.111. The fourth-order valence-electron chi connectivity index (χ4n) is 2.70. The second-order valence-electron chi connectivity index (χ2n) is 5.21. The Kier molecular flexibility index (Phi) is 4.60. The molecule has 4 nitrogen and oxygen atoms in total. The van der Waals surface area contributed by atoms with Crippen LogP contribution in [0.4, 0.5) is 0 Å². The fourth-order valence-corrected chi connectivity index (χ4v) is 3.99. The van der Waals surface area contributed by atoms with Gasteiger partial charge in [-0.1, -0.05) is 32.0 Å². The third kappa shape index (κ3) is 2.79. The second-order valence-corrected chi connectivity index (χ2v) is 6.78. The van der Waals surface area contributed by atoms with Crippen LogP contribution in [0.1, 0.15) is 39.2 Å². The lowest BCUT2D eigenvalue weighted by Crippen LogP contribution is -2.38. The summed E-state index contributed by atoms with van der Waals surface area (Å²) in [4.78, 5) is 0.344. The van der Waals surface area contributed by atoms with E-state index in [4.69, 9.17) is 0 Å². The van der Waals surface area contributed by atoms with Crippen LogP contribution >= 0.6 is 0 Å². The molecular formula is C15H22N2O2S. The molecule has 0 bridgehead atoms. The van der Waals surface area contributed by atoms with Crippen LogP contribution < -0.4 is 5.32 Å². The molecule has 20 heavy (non-hydrogen) atoms. The molecule has 1 aliphatic rings. The van der Waals surface area contributed by atoms with Crippen molar-refractivity contribution < 1.29 is 8.42 Å². The summed E-state index contributed by atoms with van der Waals surface area (Å²) in [5, 5.41) is 3.44. The zero-order valence-electron chi connectivity index (χ0n) is 12.3. The van der Waals surface area contributed by atoms with Gasteiger partial charge in [0.2, 0.25) is 0 Å². The highest BCUT2D eigenvalue weighted by atomic mass is 32.2. The molecule has 2 atom stereocenters. The molecule has 1 heterocycles. The van der Waals surface area contributed by atoms with Crippen molar-refractivity contribution in [3.63, 3.8) is 0 Å². The Bertz CT molecular complexity index is 608. The third-order valence-corrected chi connectivity index (χ3v) is 5.12. The number of benzene rings is 1. The van der Waals surface area contributed by atoms with E-state index in [1.54, 1.807) is 12.1 Å². The zero-order valence-corrected chi connectivity index (χ0v) is 13.1. The van der Waals surface area contributed by atoms with E-state index in [-0.39, 0.29) is 12.0 Å². The zero-order chi connectivity index (χ0) is 14.8. The van der Waals surface area contributed by atoms with Crippen molar-refractivity contribution in [1.29, 1.82) is 0 Å². The van der Waals surface area contributed by atoms with Crippen molar-refractivity contribution >= 4 is 15.7 Å². The predicted molar refractivity (Wildman–Crippen MR) is 81.7 cm³/mol. The standard InChI is InChI=1S/C15H22N2O2S/c1-4-10-16-11(3)12(5-2)15-13-8-6-7-9-14(13)20(18,19)17-15/h6-9,11-12,16H,4-5,10H2,1-3H3. The number of sulfonamides is 1. The van der Waals surface area contributed by atoms with E-state index in [0.29, 0.717) is 10.6 Å². The first-order valence-electron chi connectivity index (χ1n) is 7.19. The van der Waals surface area contributed by atoms with E-state index in [1.807, 2.05) is 12.1 Å². The van der Waals surface area contributed by atoms with E-state index in [9.17, 15) is 8.42 Å². The Hall–Kier alpha value is -1.20. The number of rotatable bonds is 6. The van der Waals surface area contributed by atoms with Crippen LogP contribution in [0.2, 0.25) is 0 Å². The highest BCUT2D eigenvalue weighted by Gasteiger charge is 2.33. The van der Waals surface area contributed by atoms with Crippen LogP contribution in [0.3, 0.4) is 0 Å². The van der Waals surface area contributed by atoms with Gasteiger partial charge in [0.15, 0.2) is 0 Å².